The Hall–Kier alpha value is -3.55. The molecule has 4 aromatic rings. The van der Waals surface area contributed by atoms with Gasteiger partial charge >= 0.3 is 0 Å². The van der Waals surface area contributed by atoms with Crippen molar-refractivity contribution in [1.82, 2.24) is 30.1 Å². The molecule has 1 N–H and O–H groups in total. The second-order valence-corrected chi connectivity index (χ2v) is 7.09. The molecule has 0 saturated carbocycles. The van der Waals surface area contributed by atoms with E-state index in [-0.39, 0.29) is 18.4 Å². The van der Waals surface area contributed by atoms with Gasteiger partial charge in [0.25, 0.3) is 5.89 Å². The Kier molecular flexibility index (Phi) is 5.83. The molecular weight excluding hydrogens is 380 g/mol. The Balaban J connectivity index is 1.53. The molecule has 30 heavy (non-hydrogen) atoms. The van der Waals surface area contributed by atoms with Crippen molar-refractivity contribution in [1.29, 1.82) is 0 Å². The summed E-state index contributed by atoms with van der Waals surface area (Å²) in [4.78, 5) is 17.2. The molecule has 1 aromatic carbocycles. The van der Waals surface area contributed by atoms with Crippen molar-refractivity contribution < 1.29 is 9.32 Å². The topological polar surface area (TPSA) is 98.2 Å². The number of pyridine rings is 1. The number of carbonyl (C=O) groups is 1. The number of benzene rings is 1. The van der Waals surface area contributed by atoms with Crippen LogP contribution in [-0.2, 0) is 17.8 Å². The average molecular weight is 404 g/mol. The number of nitrogens with one attached hydrogen (secondary N) is 1. The van der Waals surface area contributed by atoms with Crippen molar-refractivity contribution in [2.75, 3.05) is 0 Å². The highest BCUT2D eigenvalue weighted by Gasteiger charge is 2.20. The van der Waals surface area contributed by atoms with Gasteiger partial charge in [0.2, 0.25) is 5.91 Å². The molecule has 0 aliphatic rings. The molecule has 1 atom stereocenters. The van der Waals surface area contributed by atoms with Gasteiger partial charge in [0, 0.05) is 12.6 Å². The standard InChI is InChI=1S/C22H24N6O2/c1-3-9-18-24-22(30-27-18)17-12-8-13-28-19(25-26-20(17)28)14-23-21(29)16(4-2)15-10-6-5-7-11-15/h5-8,10-13,16H,3-4,9,14H2,1-2H3,(H,23,29)/t16-/m0/s1. The Bertz CT molecular complexity index is 1130. The number of aryl methyl sites for hydroxylation is 1. The number of hydrogen-bond donors (Lipinski definition) is 1. The number of fused-ring (bicyclic) bond motifs is 1. The minimum atomic E-state index is -0.198. The lowest BCUT2D eigenvalue weighted by molar-refractivity contribution is -0.122. The van der Waals surface area contributed by atoms with Crippen LogP contribution in [0.25, 0.3) is 17.1 Å². The first-order valence-electron chi connectivity index (χ1n) is 10.2. The van der Waals surface area contributed by atoms with Gasteiger partial charge in [-0.05, 0) is 30.5 Å². The lowest BCUT2D eigenvalue weighted by atomic mass is 9.96. The van der Waals surface area contributed by atoms with E-state index in [4.69, 9.17) is 4.52 Å². The fourth-order valence-corrected chi connectivity index (χ4v) is 3.49. The molecule has 0 unspecified atom stereocenters. The smallest absolute Gasteiger partial charge is 0.261 e. The molecular formula is C22H24N6O2. The minimum absolute atomic E-state index is 0.0299. The molecule has 0 aliphatic carbocycles. The zero-order chi connectivity index (χ0) is 20.9. The first-order chi connectivity index (χ1) is 14.7. The van der Waals surface area contributed by atoms with Crippen LogP contribution in [-0.4, -0.2) is 30.6 Å². The quantitative estimate of drug-likeness (QED) is 0.482. The van der Waals surface area contributed by atoms with E-state index in [1.165, 1.54) is 0 Å². The maximum atomic E-state index is 12.8. The van der Waals surface area contributed by atoms with Gasteiger partial charge in [-0.25, -0.2) is 0 Å². The summed E-state index contributed by atoms with van der Waals surface area (Å²) < 4.78 is 7.24. The van der Waals surface area contributed by atoms with Gasteiger partial charge in [-0.3, -0.25) is 9.20 Å². The van der Waals surface area contributed by atoms with Crippen LogP contribution in [0.4, 0.5) is 0 Å². The second kappa shape index (κ2) is 8.86. The molecule has 0 fully saturated rings. The van der Waals surface area contributed by atoms with Crippen LogP contribution in [0, 0.1) is 0 Å². The van der Waals surface area contributed by atoms with Crippen molar-refractivity contribution in [3.8, 4) is 11.5 Å². The number of aromatic nitrogens is 5. The molecule has 0 spiro atoms. The zero-order valence-electron chi connectivity index (χ0n) is 17.1. The van der Waals surface area contributed by atoms with Crippen molar-refractivity contribution in [3.63, 3.8) is 0 Å². The van der Waals surface area contributed by atoms with Crippen LogP contribution in [0.3, 0.4) is 0 Å². The van der Waals surface area contributed by atoms with E-state index in [9.17, 15) is 4.79 Å². The van der Waals surface area contributed by atoms with Crippen LogP contribution in [0.2, 0.25) is 0 Å². The predicted molar refractivity (Wildman–Crippen MR) is 112 cm³/mol. The maximum absolute atomic E-state index is 12.8. The van der Waals surface area contributed by atoms with E-state index < -0.39 is 0 Å². The Morgan fingerprint density at radius 1 is 1.13 bits per heavy atom. The summed E-state index contributed by atoms with van der Waals surface area (Å²) in [6.07, 6.45) is 4.28. The number of carbonyl (C=O) groups excluding carboxylic acids is 1. The Labute approximate surface area is 174 Å². The molecule has 0 saturated heterocycles. The normalized spacial score (nSPS) is 12.2. The zero-order valence-corrected chi connectivity index (χ0v) is 17.1. The summed E-state index contributed by atoms with van der Waals surface area (Å²) in [5.74, 6) is 1.50. The van der Waals surface area contributed by atoms with Gasteiger partial charge in [0.1, 0.15) is 0 Å². The van der Waals surface area contributed by atoms with E-state index in [1.807, 2.05) is 60.0 Å². The molecule has 0 bridgehead atoms. The van der Waals surface area contributed by atoms with Crippen LogP contribution in [0.5, 0.6) is 0 Å². The molecule has 1 amide bonds. The van der Waals surface area contributed by atoms with Crippen LogP contribution in [0.15, 0.2) is 53.2 Å². The fourth-order valence-electron chi connectivity index (χ4n) is 3.49. The molecule has 0 radical (unpaired) electrons. The average Bonchev–Trinajstić information content (AvgIpc) is 3.41. The number of hydrogen-bond acceptors (Lipinski definition) is 6. The van der Waals surface area contributed by atoms with Gasteiger partial charge in [-0.15, -0.1) is 10.2 Å². The number of amides is 1. The minimum Gasteiger partial charge on any atom is -0.348 e. The highest BCUT2D eigenvalue weighted by atomic mass is 16.5. The molecule has 154 valence electrons. The summed E-state index contributed by atoms with van der Waals surface area (Å²) in [5.41, 5.74) is 2.34. The molecule has 8 nitrogen and oxygen atoms in total. The highest BCUT2D eigenvalue weighted by molar-refractivity contribution is 5.83. The second-order valence-electron chi connectivity index (χ2n) is 7.09. The fraction of sp³-hybridized carbons (Fsp3) is 0.318. The summed E-state index contributed by atoms with van der Waals surface area (Å²) >= 11 is 0. The third-order valence-electron chi connectivity index (χ3n) is 5.02. The van der Waals surface area contributed by atoms with Gasteiger partial charge in [0.05, 0.1) is 18.0 Å². The lowest BCUT2D eigenvalue weighted by Crippen LogP contribution is -2.29. The molecule has 4 rings (SSSR count). The van der Waals surface area contributed by atoms with E-state index in [2.05, 4.69) is 32.6 Å². The van der Waals surface area contributed by atoms with E-state index >= 15 is 0 Å². The largest absolute Gasteiger partial charge is 0.348 e. The summed E-state index contributed by atoms with van der Waals surface area (Å²) in [6, 6.07) is 13.5. The molecule has 0 aliphatic heterocycles. The van der Waals surface area contributed by atoms with Gasteiger partial charge in [0.15, 0.2) is 17.3 Å². The van der Waals surface area contributed by atoms with E-state index in [1.54, 1.807) is 0 Å². The monoisotopic (exact) mass is 404 g/mol. The Morgan fingerprint density at radius 3 is 2.73 bits per heavy atom. The van der Waals surface area contributed by atoms with Crippen molar-refractivity contribution >= 4 is 11.6 Å². The van der Waals surface area contributed by atoms with Gasteiger partial charge < -0.3 is 9.84 Å². The van der Waals surface area contributed by atoms with Gasteiger partial charge in [-0.1, -0.05) is 49.3 Å². The summed E-state index contributed by atoms with van der Waals surface area (Å²) in [6.45, 7) is 4.35. The number of rotatable bonds is 8. The van der Waals surface area contributed by atoms with Crippen molar-refractivity contribution in [2.24, 2.45) is 0 Å². The summed E-state index contributed by atoms with van der Waals surface area (Å²) in [7, 11) is 0. The third-order valence-corrected chi connectivity index (χ3v) is 5.02. The summed E-state index contributed by atoms with van der Waals surface area (Å²) in [5, 5.41) is 15.6. The third kappa shape index (κ3) is 3.94. The van der Waals surface area contributed by atoms with Crippen molar-refractivity contribution in [2.45, 2.75) is 45.6 Å². The lowest BCUT2D eigenvalue weighted by Gasteiger charge is -2.15. The van der Waals surface area contributed by atoms with Crippen LogP contribution >= 0.6 is 0 Å². The maximum Gasteiger partial charge on any atom is 0.261 e. The van der Waals surface area contributed by atoms with Crippen molar-refractivity contribution in [3.05, 3.63) is 65.9 Å². The van der Waals surface area contributed by atoms with Gasteiger partial charge in [-0.2, -0.15) is 4.98 Å². The van der Waals surface area contributed by atoms with E-state index in [0.717, 1.165) is 24.8 Å². The number of nitrogens with zero attached hydrogens (tertiary/aromatic N) is 5. The van der Waals surface area contributed by atoms with Crippen LogP contribution in [0.1, 0.15) is 49.8 Å². The van der Waals surface area contributed by atoms with Crippen LogP contribution < -0.4 is 5.32 Å². The molecule has 3 heterocycles. The first kappa shape index (κ1) is 19.8. The highest BCUT2D eigenvalue weighted by Crippen LogP contribution is 2.23. The molecule has 3 aromatic heterocycles. The Morgan fingerprint density at radius 2 is 1.97 bits per heavy atom. The SMILES string of the molecule is CCCc1noc(-c2cccn3c(CNC(=O)[C@@H](CC)c4ccccc4)nnc23)n1. The first-order valence-corrected chi connectivity index (χ1v) is 10.2. The predicted octanol–water partition coefficient (Wildman–Crippen LogP) is 3.54. The molecule has 8 heteroatoms. The van der Waals surface area contributed by atoms with E-state index in [0.29, 0.717) is 28.8 Å².